The van der Waals surface area contributed by atoms with E-state index in [1.807, 2.05) is 0 Å². The molecular weight excluding hydrogens is 568 g/mol. The topological polar surface area (TPSA) is 123 Å². The Morgan fingerprint density at radius 2 is 1.22 bits per heavy atom. The highest BCUT2D eigenvalue weighted by Crippen LogP contribution is 2.45. The lowest BCUT2D eigenvalue weighted by atomic mass is 9.94. The summed E-state index contributed by atoms with van der Waals surface area (Å²) in [5, 5.41) is 9.40. The highest BCUT2D eigenvalue weighted by Gasteiger charge is 2.55. The zero-order valence-electron chi connectivity index (χ0n) is 20.0. The maximum atomic E-state index is 13.7. The van der Waals surface area contributed by atoms with Gasteiger partial charge in [0.1, 0.15) is 40.6 Å². The average Bonchev–Trinajstić information content (AvgIpc) is 3.60. The lowest BCUT2D eigenvalue weighted by Gasteiger charge is -2.20. The molecule has 4 atom stereocenters. The van der Waals surface area contributed by atoms with Crippen molar-refractivity contribution in [2.45, 2.75) is 37.3 Å². The molecule has 2 aromatic carbocycles. The van der Waals surface area contributed by atoms with Crippen molar-refractivity contribution in [2.75, 3.05) is 25.7 Å². The Bertz CT molecular complexity index is 1320. The van der Waals surface area contributed by atoms with Gasteiger partial charge in [-0.25, -0.2) is 26.0 Å². The Morgan fingerprint density at radius 1 is 0.865 bits per heavy atom. The van der Waals surface area contributed by atoms with Crippen LogP contribution < -0.4 is 0 Å². The van der Waals surface area contributed by atoms with Gasteiger partial charge in [0.25, 0.3) is 10.1 Å². The molecule has 2 aromatic rings. The van der Waals surface area contributed by atoms with Crippen LogP contribution in [0.1, 0.15) is 25.0 Å². The number of rotatable bonds is 6. The zero-order valence-corrected chi connectivity index (χ0v) is 22.4. The Labute approximate surface area is 216 Å². The smallest absolute Gasteiger partial charge is 0.264 e. The molecule has 15 heteroatoms. The predicted octanol–water partition coefficient (Wildman–Crippen LogP) is 3.31. The van der Waals surface area contributed by atoms with Gasteiger partial charge in [-0.3, -0.25) is 4.18 Å². The third-order valence-electron chi connectivity index (χ3n) is 5.34. The molecule has 0 unspecified atom stereocenters. The number of ether oxygens (including phenoxy) is 2. The molecule has 2 saturated heterocycles. The van der Waals surface area contributed by atoms with Crippen LogP contribution in [0.5, 0.6) is 0 Å². The van der Waals surface area contributed by atoms with Gasteiger partial charge in [-0.15, -0.1) is 0 Å². The summed E-state index contributed by atoms with van der Waals surface area (Å²) in [4.78, 5) is 0. The van der Waals surface area contributed by atoms with E-state index in [0.717, 1.165) is 36.8 Å². The number of hydrogen-bond acceptors (Lipinski definition) is 8. The first-order valence-electron chi connectivity index (χ1n) is 10.5. The monoisotopic (exact) mass is 592 g/mol. The Morgan fingerprint density at radius 3 is 1.49 bits per heavy atom. The molecule has 0 saturated carbocycles. The van der Waals surface area contributed by atoms with Crippen molar-refractivity contribution in [3.8, 4) is 0 Å². The fourth-order valence-electron chi connectivity index (χ4n) is 3.39. The predicted molar refractivity (Wildman–Crippen MR) is 126 cm³/mol. The second kappa shape index (κ2) is 11.5. The van der Waals surface area contributed by atoms with Crippen molar-refractivity contribution < 1.29 is 53.2 Å². The molecule has 0 aliphatic carbocycles. The van der Waals surface area contributed by atoms with E-state index in [9.17, 15) is 39.5 Å². The van der Waals surface area contributed by atoms with Crippen LogP contribution in [0.4, 0.5) is 17.6 Å². The second-order valence-electron chi connectivity index (χ2n) is 8.40. The van der Waals surface area contributed by atoms with Gasteiger partial charge in [-0.05, 0) is 26.0 Å². The SMILES string of the molecule is CS(=O)(=O)Cl.C[C@@H](O)[C@@]1(c2ccc(F)cc2F)CO1.C[C@@H](OS(C)(=O)=O)[C@@]1(c2ccc(F)cc2F)CO1. The molecule has 208 valence electrons. The average molecular weight is 593 g/mol. The van der Waals surface area contributed by atoms with Crippen LogP contribution in [-0.2, 0) is 44.0 Å². The summed E-state index contributed by atoms with van der Waals surface area (Å²) >= 11 is 0. The van der Waals surface area contributed by atoms with Crippen LogP contribution >= 0.6 is 10.7 Å². The van der Waals surface area contributed by atoms with E-state index < -0.39 is 65.8 Å². The van der Waals surface area contributed by atoms with Crippen molar-refractivity contribution in [2.24, 2.45) is 0 Å². The summed E-state index contributed by atoms with van der Waals surface area (Å²) in [6.07, 6.45) is 0.143. The Kier molecular flexibility index (Phi) is 9.77. The highest BCUT2D eigenvalue weighted by atomic mass is 35.7. The van der Waals surface area contributed by atoms with Gasteiger partial charge in [0.2, 0.25) is 9.05 Å². The maximum absolute atomic E-state index is 13.7. The van der Waals surface area contributed by atoms with Crippen molar-refractivity contribution in [3.05, 3.63) is 70.8 Å². The fraction of sp³-hybridized carbons (Fsp3) is 0.455. The summed E-state index contributed by atoms with van der Waals surface area (Å²) in [5.74, 6) is -2.80. The standard InChI is InChI=1S/C11H12F2O4S.C10H10F2O2.CH3ClO2S/c1-7(17-18(2,14)15)11(6-16-11)9-4-3-8(12)5-10(9)13;1-6(13)10(5-14-10)8-3-2-7(11)4-9(8)12;1-5(2,3)4/h3-5,7H,6H2,1-2H3;2-4,6,13H,5H2,1H3;1H3/t7-,11-;6-,10-;/m11./s1. The minimum absolute atomic E-state index is 0.0973. The van der Waals surface area contributed by atoms with E-state index in [4.69, 9.17) is 13.7 Å². The maximum Gasteiger partial charge on any atom is 0.264 e. The summed E-state index contributed by atoms with van der Waals surface area (Å²) < 4.78 is 108. The van der Waals surface area contributed by atoms with Gasteiger partial charge < -0.3 is 14.6 Å². The Balaban J connectivity index is 0.000000225. The molecular formula is C22H25ClF4O8S2. The normalized spacial score (nSPS) is 24.1. The van der Waals surface area contributed by atoms with E-state index in [2.05, 4.69) is 10.7 Å². The molecule has 37 heavy (non-hydrogen) atoms. The van der Waals surface area contributed by atoms with Gasteiger partial charge >= 0.3 is 0 Å². The molecule has 2 aliphatic rings. The first-order chi connectivity index (χ1) is 16.8. The Hall–Kier alpha value is -1.81. The molecule has 0 bridgehead atoms. The van der Waals surface area contributed by atoms with Gasteiger partial charge in [0, 0.05) is 33.9 Å². The molecule has 2 aliphatic heterocycles. The van der Waals surface area contributed by atoms with Crippen LogP contribution in [0.15, 0.2) is 36.4 Å². The second-order valence-corrected chi connectivity index (χ2v) is 13.1. The van der Waals surface area contributed by atoms with E-state index >= 15 is 0 Å². The van der Waals surface area contributed by atoms with Crippen molar-refractivity contribution >= 4 is 29.9 Å². The van der Waals surface area contributed by atoms with E-state index in [1.54, 1.807) is 0 Å². The first-order valence-corrected chi connectivity index (χ1v) is 15.0. The number of aliphatic hydroxyl groups is 1. The minimum atomic E-state index is -3.67. The van der Waals surface area contributed by atoms with E-state index in [-0.39, 0.29) is 24.3 Å². The van der Waals surface area contributed by atoms with E-state index in [0.29, 0.717) is 0 Å². The molecule has 4 rings (SSSR count). The van der Waals surface area contributed by atoms with E-state index in [1.165, 1.54) is 26.0 Å². The van der Waals surface area contributed by atoms with Gasteiger partial charge in [-0.1, -0.05) is 12.1 Å². The molecule has 8 nitrogen and oxygen atoms in total. The largest absolute Gasteiger partial charge is 0.390 e. The number of epoxide rings is 2. The minimum Gasteiger partial charge on any atom is -0.390 e. The quantitative estimate of drug-likeness (QED) is 0.235. The lowest BCUT2D eigenvalue weighted by Crippen LogP contribution is -2.30. The van der Waals surface area contributed by atoms with Crippen LogP contribution in [-0.4, -0.2) is 59.9 Å². The summed E-state index contributed by atoms with van der Waals surface area (Å²) in [6, 6.07) is 6.32. The summed E-state index contributed by atoms with van der Waals surface area (Å²) in [6.45, 7) is 3.39. The number of benzene rings is 2. The zero-order chi connectivity index (χ0) is 28.4. The third kappa shape index (κ3) is 8.87. The lowest BCUT2D eigenvalue weighted by molar-refractivity contribution is 0.0863. The number of halogens is 5. The fourth-order valence-corrected chi connectivity index (χ4v) is 4.07. The van der Waals surface area contributed by atoms with Gasteiger partial charge in [-0.2, -0.15) is 8.42 Å². The van der Waals surface area contributed by atoms with Crippen LogP contribution in [0, 0.1) is 23.3 Å². The summed E-state index contributed by atoms with van der Waals surface area (Å²) in [5.41, 5.74) is -1.80. The highest BCUT2D eigenvalue weighted by molar-refractivity contribution is 8.13. The molecule has 2 fully saturated rings. The van der Waals surface area contributed by atoms with Crippen molar-refractivity contribution in [3.63, 3.8) is 0 Å². The molecule has 0 aromatic heterocycles. The summed E-state index contributed by atoms with van der Waals surface area (Å²) in [7, 11) is -2.36. The molecule has 0 radical (unpaired) electrons. The number of hydrogen-bond donors (Lipinski definition) is 1. The van der Waals surface area contributed by atoms with Crippen LogP contribution in [0.25, 0.3) is 0 Å². The first kappa shape index (κ1) is 31.4. The molecule has 2 heterocycles. The third-order valence-corrected chi connectivity index (χ3v) is 5.97. The molecule has 0 spiro atoms. The van der Waals surface area contributed by atoms with Crippen molar-refractivity contribution in [1.82, 2.24) is 0 Å². The van der Waals surface area contributed by atoms with Crippen LogP contribution in [0.2, 0.25) is 0 Å². The molecule has 1 N–H and O–H groups in total. The van der Waals surface area contributed by atoms with Gasteiger partial charge in [0.05, 0.1) is 31.8 Å². The van der Waals surface area contributed by atoms with Gasteiger partial charge in [0.15, 0.2) is 0 Å². The van der Waals surface area contributed by atoms with Crippen molar-refractivity contribution in [1.29, 1.82) is 0 Å². The number of aliphatic hydroxyl groups excluding tert-OH is 1. The molecule has 0 amide bonds. The van der Waals surface area contributed by atoms with Crippen LogP contribution in [0.3, 0.4) is 0 Å².